The molecule has 19 heavy (non-hydrogen) atoms. The topological polar surface area (TPSA) is 34.1 Å². The third-order valence-corrected chi connectivity index (χ3v) is 5.59. The van der Waals surface area contributed by atoms with Crippen LogP contribution in [0.4, 0.5) is 0 Å². The lowest BCUT2D eigenvalue weighted by molar-refractivity contribution is 0.531. The highest BCUT2D eigenvalue weighted by Crippen LogP contribution is 2.23. The van der Waals surface area contributed by atoms with Crippen molar-refractivity contribution in [1.29, 1.82) is 0 Å². The van der Waals surface area contributed by atoms with Gasteiger partial charge in [-0.15, -0.1) is 0 Å². The highest BCUT2D eigenvalue weighted by Gasteiger charge is 2.24. The lowest BCUT2D eigenvalue weighted by Gasteiger charge is -2.17. The Balaban J connectivity index is 2.82. The predicted octanol–water partition coefficient (Wildman–Crippen LogP) is 4.23. The van der Waals surface area contributed by atoms with Crippen LogP contribution >= 0.6 is 0 Å². The summed E-state index contributed by atoms with van der Waals surface area (Å²) in [7, 11) is -3.20. The van der Waals surface area contributed by atoms with Crippen molar-refractivity contribution in [2.24, 2.45) is 5.92 Å². The van der Waals surface area contributed by atoms with Crippen molar-refractivity contribution in [3.05, 3.63) is 42.5 Å². The smallest absolute Gasteiger partial charge is 0.180 e. The van der Waals surface area contributed by atoms with Crippen molar-refractivity contribution >= 4 is 9.84 Å². The summed E-state index contributed by atoms with van der Waals surface area (Å²) < 4.78 is 24.9. The summed E-state index contributed by atoms with van der Waals surface area (Å²) in [5, 5.41) is -0.346. The second-order valence-corrected chi connectivity index (χ2v) is 7.28. The van der Waals surface area contributed by atoms with Crippen LogP contribution in [0.25, 0.3) is 0 Å². The zero-order chi connectivity index (χ0) is 14.3. The summed E-state index contributed by atoms with van der Waals surface area (Å²) in [5.41, 5.74) is 0. The molecule has 0 bridgehead atoms. The molecule has 0 heterocycles. The van der Waals surface area contributed by atoms with E-state index >= 15 is 0 Å². The second kappa shape index (κ2) is 7.49. The molecule has 0 N–H and O–H groups in total. The van der Waals surface area contributed by atoms with Gasteiger partial charge >= 0.3 is 0 Å². The summed E-state index contributed by atoms with van der Waals surface area (Å²) in [6, 6.07) is 8.73. The first-order valence-electron chi connectivity index (χ1n) is 6.98. The molecule has 0 aliphatic rings. The Morgan fingerprint density at radius 2 is 1.79 bits per heavy atom. The molecule has 2 atom stereocenters. The van der Waals surface area contributed by atoms with Gasteiger partial charge in [-0.3, -0.25) is 0 Å². The van der Waals surface area contributed by atoms with E-state index in [4.69, 9.17) is 0 Å². The third kappa shape index (κ3) is 4.50. The van der Waals surface area contributed by atoms with Crippen molar-refractivity contribution in [1.82, 2.24) is 0 Å². The first-order chi connectivity index (χ1) is 9.02. The number of hydrogen-bond donors (Lipinski definition) is 0. The maximum Gasteiger partial charge on any atom is 0.180 e. The van der Waals surface area contributed by atoms with Crippen molar-refractivity contribution in [3.63, 3.8) is 0 Å². The van der Waals surface area contributed by atoms with E-state index in [0.717, 1.165) is 12.8 Å². The molecule has 2 unspecified atom stereocenters. The van der Waals surface area contributed by atoms with Crippen LogP contribution in [0.1, 0.15) is 40.0 Å². The van der Waals surface area contributed by atoms with E-state index in [1.807, 2.05) is 13.0 Å². The highest BCUT2D eigenvalue weighted by molar-refractivity contribution is 7.92. The Labute approximate surface area is 117 Å². The van der Waals surface area contributed by atoms with E-state index in [0.29, 0.717) is 17.2 Å². The Morgan fingerprint density at radius 3 is 2.32 bits per heavy atom. The monoisotopic (exact) mass is 280 g/mol. The maximum atomic E-state index is 12.4. The molecule has 106 valence electrons. The molecule has 0 aliphatic heterocycles. The minimum Gasteiger partial charge on any atom is -0.223 e. The number of sulfone groups is 1. The molecular weight excluding hydrogens is 256 g/mol. The summed E-state index contributed by atoms with van der Waals surface area (Å²) in [6.07, 6.45) is 6.93. The largest absolute Gasteiger partial charge is 0.223 e. The SMILES string of the molecule is CC/C=C/C(CC)CC(C)S(=O)(=O)c1ccccc1. The van der Waals surface area contributed by atoms with Crippen molar-refractivity contribution in [2.75, 3.05) is 0 Å². The van der Waals surface area contributed by atoms with Gasteiger partial charge in [-0.1, -0.05) is 44.2 Å². The lowest BCUT2D eigenvalue weighted by Crippen LogP contribution is -2.20. The van der Waals surface area contributed by atoms with Crippen LogP contribution in [-0.2, 0) is 9.84 Å². The quantitative estimate of drug-likeness (QED) is 0.700. The molecule has 3 heteroatoms. The van der Waals surface area contributed by atoms with Crippen molar-refractivity contribution in [3.8, 4) is 0 Å². The van der Waals surface area contributed by atoms with Crippen molar-refractivity contribution in [2.45, 2.75) is 50.2 Å². The van der Waals surface area contributed by atoms with Crippen LogP contribution in [0.5, 0.6) is 0 Å². The Morgan fingerprint density at radius 1 is 1.16 bits per heavy atom. The molecule has 0 fully saturated rings. The average Bonchev–Trinajstić information content (AvgIpc) is 2.44. The average molecular weight is 280 g/mol. The molecule has 0 amide bonds. The molecule has 1 aromatic rings. The van der Waals surface area contributed by atoms with E-state index in [1.54, 1.807) is 24.3 Å². The second-order valence-electron chi connectivity index (χ2n) is 4.91. The van der Waals surface area contributed by atoms with E-state index in [-0.39, 0.29) is 5.25 Å². The van der Waals surface area contributed by atoms with Gasteiger partial charge in [0.2, 0.25) is 0 Å². The van der Waals surface area contributed by atoms with Crippen LogP contribution in [0.2, 0.25) is 0 Å². The highest BCUT2D eigenvalue weighted by atomic mass is 32.2. The normalized spacial score (nSPS) is 15.5. The van der Waals surface area contributed by atoms with Gasteiger partial charge in [0.1, 0.15) is 0 Å². The fourth-order valence-corrected chi connectivity index (χ4v) is 3.61. The van der Waals surface area contributed by atoms with Gasteiger partial charge in [-0.05, 0) is 44.2 Å². The molecule has 0 aliphatic carbocycles. The van der Waals surface area contributed by atoms with Gasteiger partial charge < -0.3 is 0 Å². The summed E-state index contributed by atoms with van der Waals surface area (Å²) >= 11 is 0. The maximum absolute atomic E-state index is 12.4. The zero-order valence-corrected chi connectivity index (χ0v) is 12.9. The zero-order valence-electron chi connectivity index (χ0n) is 12.0. The van der Waals surface area contributed by atoms with Gasteiger partial charge in [-0.2, -0.15) is 0 Å². The van der Waals surface area contributed by atoms with Gasteiger partial charge in [-0.25, -0.2) is 8.42 Å². The van der Waals surface area contributed by atoms with Crippen molar-refractivity contribution < 1.29 is 8.42 Å². The van der Waals surface area contributed by atoms with E-state index in [1.165, 1.54) is 0 Å². The third-order valence-electron chi connectivity index (χ3n) is 3.40. The predicted molar refractivity (Wildman–Crippen MR) is 80.9 cm³/mol. The summed E-state index contributed by atoms with van der Waals surface area (Å²) in [4.78, 5) is 0.428. The Bertz CT molecular complexity index is 489. The molecule has 0 saturated heterocycles. The number of allylic oxidation sites excluding steroid dienone is 2. The molecule has 1 rings (SSSR count). The van der Waals surface area contributed by atoms with Gasteiger partial charge in [0.15, 0.2) is 9.84 Å². The van der Waals surface area contributed by atoms with Gasteiger partial charge in [0, 0.05) is 0 Å². The lowest BCUT2D eigenvalue weighted by atomic mass is 10.00. The van der Waals surface area contributed by atoms with Crippen LogP contribution in [0, 0.1) is 5.92 Å². The van der Waals surface area contributed by atoms with Crippen LogP contribution in [0.15, 0.2) is 47.4 Å². The standard InChI is InChI=1S/C16H24O2S/c1-4-6-10-15(5-2)13-14(3)19(17,18)16-11-8-7-9-12-16/h6-12,14-15H,4-5,13H2,1-3H3/b10-6+. The molecule has 0 radical (unpaired) electrons. The summed E-state index contributed by atoms with van der Waals surface area (Å²) in [6.45, 7) is 6.00. The molecule has 0 aromatic heterocycles. The first kappa shape index (κ1) is 16.0. The van der Waals surface area contributed by atoms with Gasteiger partial charge in [0.25, 0.3) is 0 Å². The fourth-order valence-electron chi connectivity index (χ4n) is 2.11. The van der Waals surface area contributed by atoms with Crippen LogP contribution in [-0.4, -0.2) is 13.7 Å². The molecule has 1 aromatic carbocycles. The molecular formula is C16H24O2S. The molecule has 2 nitrogen and oxygen atoms in total. The molecule has 0 saturated carbocycles. The minimum atomic E-state index is -3.20. The fraction of sp³-hybridized carbons (Fsp3) is 0.500. The van der Waals surface area contributed by atoms with Crippen LogP contribution in [0.3, 0.4) is 0 Å². The van der Waals surface area contributed by atoms with E-state index < -0.39 is 9.84 Å². The number of hydrogen-bond acceptors (Lipinski definition) is 2. The van der Waals surface area contributed by atoms with Gasteiger partial charge in [0.05, 0.1) is 10.1 Å². The Hall–Kier alpha value is -1.09. The molecule has 0 spiro atoms. The van der Waals surface area contributed by atoms with E-state index in [2.05, 4.69) is 26.0 Å². The summed E-state index contributed by atoms with van der Waals surface area (Å²) in [5.74, 6) is 0.341. The first-order valence-corrected chi connectivity index (χ1v) is 8.52. The number of benzene rings is 1. The van der Waals surface area contributed by atoms with Crippen LogP contribution < -0.4 is 0 Å². The van der Waals surface area contributed by atoms with E-state index in [9.17, 15) is 8.42 Å². The number of rotatable bonds is 7. The minimum absolute atomic E-state index is 0.341. The Kier molecular flexibility index (Phi) is 6.29.